The monoisotopic (exact) mass is 215 g/mol. The van der Waals surface area contributed by atoms with Crippen LogP contribution in [0.1, 0.15) is 29.7 Å². The molecule has 0 spiro atoms. The fourth-order valence-corrected chi connectivity index (χ4v) is 1.99. The Morgan fingerprint density at radius 2 is 2.00 bits per heavy atom. The van der Waals surface area contributed by atoms with E-state index in [1.54, 1.807) is 6.20 Å². The molecule has 3 heteroatoms. The molecule has 2 N–H and O–H groups in total. The van der Waals surface area contributed by atoms with E-state index in [0.717, 1.165) is 0 Å². The van der Waals surface area contributed by atoms with Gasteiger partial charge in [0.15, 0.2) is 0 Å². The van der Waals surface area contributed by atoms with Crippen LogP contribution in [0.15, 0.2) is 30.5 Å². The Bertz CT molecular complexity index is 500. The van der Waals surface area contributed by atoms with Gasteiger partial charge in [-0.05, 0) is 38.0 Å². The Balaban J connectivity index is 2.45. The first-order valence-corrected chi connectivity index (χ1v) is 5.45. The lowest BCUT2D eigenvalue weighted by Gasteiger charge is -2.17. The molecule has 16 heavy (non-hydrogen) atoms. The van der Waals surface area contributed by atoms with Gasteiger partial charge in [0.2, 0.25) is 0 Å². The second kappa shape index (κ2) is 4.00. The van der Waals surface area contributed by atoms with Gasteiger partial charge in [-0.25, -0.2) is 4.68 Å². The SMILES string of the molecule is Cc1ccc(C)c(C(C)n2nccc2N)c1. The average molecular weight is 215 g/mol. The molecule has 0 saturated heterocycles. The molecule has 0 saturated carbocycles. The Hall–Kier alpha value is -1.77. The minimum Gasteiger partial charge on any atom is -0.384 e. The summed E-state index contributed by atoms with van der Waals surface area (Å²) in [6.07, 6.45) is 1.73. The summed E-state index contributed by atoms with van der Waals surface area (Å²) in [4.78, 5) is 0. The highest BCUT2D eigenvalue weighted by Gasteiger charge is 2.12. The van der Waals surface area contributed by atoms with Crippen molar-refractivity contribution >= 4 is 5.82 Å². The molecule has 1 aromatic heterocycles. The van der Waals surface area contributed by atoms with Crippen LogP contribution in [0.2, 0.25) is 0 Å². The maximum absolute atomic E-state index is 5.87. The maximum atomic E-state index is 5.87. The lowest BCUT2D eigenvalue weighted by molar-refractivity contribution is 0.570. The number of rotatable bonds is 2. The quantitative estimate of drug-likeness (QED) is 0.837. The third kappa shape index (κ3) is 1.81. The van der Waals surface area contributed by atoms with Gasteiger partial charge in [0, 0.05) is 0 Å². The van der Waals surface area contributed by atoms with E-state index in [9.17, 15) is 0 Å². The van der Waals surface area contributed by atoms with Gasteiger partial charge < -0.3 is 5.73 Å². The topological polar surface area (TPSA) is 43.8 Å². The fraction of sp³-hybridized carbons (Fsp3) is 0.308. The zero-order valence-corrected chi connectivity index (χ0v) is 9.94. The summed E-state index contributed by atoms with van der Waals surface area (Å²) >= 11 is 0. The lowest BCUT2D eigenvalue weighted by Crippen LogP contribution is -2.12. The van der Waals surface area contributed by atoms with Crippen molar-refractivity contribution in [1.82, 2.24) is 9.78 Å². The molecule has 0 aliphatic carbocycles. The molecule has 0 bridgehead atoms. The standard InChI is InChI=1S/C13H17N3/c1-9-4-5-10(2)12(8-9)11(3)16-13(14)6-7-15-16/h4-8,11H,14H2,1-3H3. The lowest BCUT2D eigenvalue weighted by atomic mass is 10.0. The summed E-state index contributed by atoms with van der Waals surface area (Å²) in [5, 5.41) is 4.25. The van der Waals surface area contributed by atoms with Crippen LogP contribution in [0.25, 0.3) is 0 Å². The van der Waals surface area contributed by atoms with Gasteiger partial charge in [0.05, 0.1) is 12.2 Å². The number of anilines is 1. The fourth-order valence-electron chi connectivity index (χ4n) is 1.99. The second-order valence-corrected chi connectivity index (χ2v) is 4.24. The molecular formula is C13H17N3. The molecule has 84 valence electrons. The smallest absolute Gasteiger partial charge is 0.122 e. The van der Waals surface area contributed by atoms with Crippen molar-refractivity contribution in [3.8, 4) is 0 Å². The van der Waals surface area contributed by atoms with E-state index in [2.05, 4.69) is 44.1 Å². The van der Waals surface area contributed by atoms with Crippen molar-refractivity contribution in [2.45, 2.75) is 26.8 Å². The number of nitrogens with two attached hydrogens (primary N) is 1. The van der Waals surface area contributed by atoms with Crippen molar-refractivity contribution < 1.29 is 0 Å². The summed E-state index contributed by atoms with van der Waals surface area (Å²) in [7, 11) is 0. The number of benzene rings is 1. The van der Waals surface area contributed by atoms with Crippen molar-refractivity contribution in [2.24, 2.45) is 0 Å². The average Bonchev–Trinajstić information content (AvgIpc) is 2.67. The summed E-state index contributed by atoms with van der Waals surface area (Å²) in [6, 6.07) is 8.46. The summed E-state index contributed by atoms with van der Waals surface area (Å²) < 4.78 is 1.85. The van der Waals surface area contributed by atoms with Gasteiger partial charge in [0.25, 0.3) is 0 Å². The van der Waals surface area contributed by atoms with E-state index in [0.29, 0.717) is 5.82 Å². The molecule has 1 unspecified atom stereocenters. The highest BCUT2D eigenvalue weighted by Crippen LogP contribution is 2.23. The van der Waals surface area contributed by atoms with E-state index in [1.165, 1.54) is 16.7 Å². The Morgan fingerprint density at radius 3 is 2.62 bits per heavy atom. The van der Waals surface area contributed by atoms with Crippen molar-refractivity contribution in [2.75, 3.05) is 5.73 Å². The van der Waals surface area contributed by atoms with Gasteiger partial charge >= 0.3 is 0 Å². The van der Waals surface area contributed by atoms with Crippen LogP contribution in [-0.2, 0) is 0 Å². The largest absolute Gasteiger partial charge is 0.384 e. The molecule has 0 fully saturated rings. The Labute approximate surface area is 95.9 Å². The molecular weight excluding hydrogens is 198 g/mol. The number of hydrogen-bond donors (Lipinski definition) is 1. The normalized spacial score (nSPS) is 12.7. The van der Waals surface area contributed by atoms with Gasteiger partial charge in [-0.1, -0.05) is 23.8 Å². The van der Waals surface area contributed by atoms with Gasteiger partial charge in [0.1, 0.15) is 5.82 Å². The number of aryl methyl sites for hydroxylation is 2. The predicted molar refractivity (Wildman–Crippen MR) is 66.4 cm³/mol. The zero-order valence-electron chi connectivity index (χ0n) is 9.94. The van der Waals surface area contributed by atoms with Crippen LogP contribution in [0.5, 0.6) is 0 Å². The molecule has 0 radical (unpaired) electrons. The highest BCUT2D eigenvalue weighted by atomic mass is 15.3. The molecule has 2 rings (SSSR count). The molecule has 0 amide bonds. The molecule has 1 aromatic carbocycles. The highest BCUT2D eigenvalue weighted by molar-refractivity contribution is 5.36. The maximum Gasteiger partial charge on any atom is 0.122 e. The minimum atomic E-state index is 0.176. The van der Waals surface area contributed by atoms with Crippen molar-refractivity contribution in [3.63, 3.8) is 0 Å². The van der Waals surface area contributed by atoms with Crippen molar-refractivity contribution in [1.29, 1.82) is 0 Å². The molecule has 2 aromatic rings. The van der Waals surface area contributed by atoms with E-state index in [-0.39, 0.29) is 6.04 Å². The third-order valence-electron chi connectivity index (χ3n) is 2.95. The van der Waals surface area contributed by atoms with E-state index in [1.807, 2.05) is 10.7 Å². The molecule has 0 aliphatic rings. The van der Waals surface area contributed by atoms with E-state index < -0.39 is 0 Å². The Morgan fingerprint density at radius 1 is 1.25 bits per heavy atom. The predicted octanol–water partition coefficient (Wildman–Crippen LogP) is 2.69. The minimum absolute atomic E-state index is 0.176. The van der Waals surface area contributed by atoms with Gasteiger partial charge in [-0.3, -0.25) is 0 Å². The first kappa shape index (κ1) is 10.7. The van der Waals surface area contributed by atoms with Crippen molar-refractivity contribution in [3.05, 3.63) is 47.2 Å². The first-order valence-electron chi connectivity index (χ1n) is 5.45. The van der Waals surface area contributed by atoms with Gasteiger partial charge in [-0.2, -0.15) is 5.10 Å². The van der Waals surface area contributed by atoms with Crippen LogP contribution < -0.4 is 5.73 Å². The molecule has 0 aliphatic heterocycles. The number of hydrogen-bond acceptors (Lipinski definition) is 2. The molecule has 3 nitrogen and oxygen atoms in total. The summed E-state index contributed by atoms with van der Waals surface area (Å²) in [5.74, 6) is 0.702. The molecule has 1 atom stereocenters. The number of aromatic nitrogens is 2. The first-order chi connectivity index (χ1) is 7.59. The van der Waals surface area contributed by atoms with Crippen LogP contribution in [0, 0.1) is 13.8 Å². The van der Waals surface area contributed by atoms with Crippen LogP contribution in [0.3, 0.4) is 0 Å². The zero-order chi connectivity index (χ0) is 11.7. The number of nitrogens with zero attached hydrogens (tertiary/aromatic N) is 2. The third-order valence-corrected chi connectivity index (χ3v) is 2.95. The van der Waals surface area contributed by atoms with Crippen LogP contribution in [-0.4, -0.2) is 9.78 Å². The van der Waals surface area contributed by atoms with Crippen LogP contribution in [0.4, 0.5) is 5.82 Å². The number of nitrogen functional groups attached to an aromatic ring is 1. The van der Waals surface area contributed by atoms with E-state index >= 15 is 0 Å². The molecule has 1 heterocycles. The van der Waals surface area contributed by atoms with E-state index in [4.69, 9.17) is 5.73 Å². The summed E-state index contributed by atoms with van der Waals surface area (Å²) in [6.45, 7) is 6.33. The van der Waals surface area contributed by atoms with Crippen LogP contribution >= 0.6 is 0 Å². The summed E-state index contributed by atoms with van der Waals surface area (Å²) in [5.41, 5.74) is 9.67. The Kier molecular flexibility index (Phi) is 2.69. The van der Waals surface area contributed by atoms with Gasteiger partial charge in [-0.15, -0.1) is 0 Å². The second-order valence-electron chi connectivity index (χ2n) is 4.24.